The summed E-state index contributed by atoms with van der Waals surface area (Å²) < 4.78 is 4.91. The van der Waals surface area contributed by atoms with E-state index in [4.69, 9.17) is 16.3 Å². The second kappa shape index (κ2) is 6.93. The molecule has 3 aromatic carbocycles. The lowest BCUT2D eigenvalue weighted by atomic mass is 10.0. The highest BCUT2D eigenvalue weighted by Gasteiger charge is 2.27. The quantitative estimate of drug-likeness (QED) is 0.624. The molecule has 1 aliphatic rings. The molecule has 4 rings (SSSR count). The molecule has 4 heteroatoms. The number of alkyl halides is 1. The smallest absolute Gasteiger partial charge is 0.258 e. The summed E-state index contributed by atoms with van der Waals surface area (Å²) in [6.07, 6.45) is 0. The zero-order valence-electron chi connectivity index (χ0n) is 13.6. The highest BCUT2D eigenvalue weighted by molar-refractivity contribution is 6.26. The lowest BCUT2D eigenvalue weighted by Crippen LogP contribution is -2.20. The molecule has 0 saturated heterocycles. The molecule has 0 aliphatic carbocycles. The minimum Gasteiger partial charge on any atom is -0.497 e. The van der Waals surface area contributed by atoms with Crippen LogP contribution in [0.1, 0.15) is 15.9 Å². The van der Waals surface area contributed by atoms with Gasteiger partial charge in [0.25, 0.3) is 5.91 Å². The van der Waals surface area contributed by atoms with Crippen LogP contribution < -0.4 is 9.64 Å². The predicted molar refractivity (Wildman–Crippen MR) is 99.2 cm³/mol. The van der Waals surface area contributed by atoms with Gasteiger partial charge in [0.15, 0.2) is 0 Å². The van der Waals surface area contributed by atoms with Gasteiger partial charge in [-0.25, -0.2) is 0 Å². The van der Waals surface area contributed by atoms with Gasteiger partial charge < -0.3 is 9.64 Å². The number of amides is 1. The van der Waals surface area contributed by atoms with Crippen LogP contribution in [0.5, 0.6) is 5.75 Å². The third-order valence-corrected chi connectivity index (χ3v) is 4.42. The van der Waals surface area contributed by atoms with Gasteiger partial charge in [0.05, 0.1) is 12.8 Å². The molecule has 0 atom stereocenters. The van der Waals surface area contributed by atoms with Crippen LogP contribution in [-0.4, -0.2) is 20.1 Å². The Hall–Kier alpha value is -2.52. The maximum absolute atomic E-state index is 12.0. The van der Waals surface area contributed by atoms with Gasteiger partial charge >= 0.3 is 0 Å². The maximum Gasteiger partial charge on any atom is 0.258 e. The number of para-hydroxylation sites is 1. The molecular weight excluding hydrogens is 322 g/mol. The Morgan fingerprint density at radius 3 is 2.38 bits per heavy atom. The Kier molecular flexibility index (Phi) is 4.72. The van der Waals surface area contributed by atoms with E-state index in [0.29, 0.717) is 5.88 Å². The molecule has 1 amide bonds. The van der Waals surface area contributed by atoms with Crippen LogP contribution in [0.2, 0.25) is 0 Å². The van der Waals surface area contributed by atoms with Gasteiger partial charge in [-0.15, -0.1) is 11.6 Å². The van der Waals surface area contributed by atoms with Gasteiger partial charge in [0.1, 0.15) is 5.75 Å². The Balaban J connectivity index is 0.000000179. The molecule has 1 aliphatic heterocycles. The van der Waals surface area contributed by atoms with Gasteiger partial charge in [-0.2, -0.15) is 0 Å². The normalized spacial score (nSPS) is 12.1. The summed E-state index contributed by atoms with van der Waals surface area (Å²) >= 11 is 5.91. The first-order valence-corrected chi connectivity index (χ1v) is 8.18. The highest BCUT2D eigenvalue weighted by Crippen LogP contribution is 2.38. The molecule has 1 heterocycles. The predicted octanol–water partition coefficient (Wildman–Crippen LogP) is 4.86. The van der Waals surface area contributed by atoms with Crippen LogP contribution in [-0.2, 0) is 5.88 Å². The second-order valence-electron chi connectivity index (χ2n) is 5.49. The van der Waals surface area contributed by atoms with Crippen LogP contribution in [0.3, 0.4) is 0 Å². The van der Waals surface area contributed by atoms with E-state index in [1.165, 1.54) is 0 Å². The SMILES string of the molecule is CN1C(=O)c2cccc3c(CCl)ccc1c23.COc1ccccc1. The standard InChI is InChI=1S/C13H10ClNO.C7H8O/c1-15-11-6-5-8(7-14)9-3-2-4-10(12(9)11)13(15)16;1-8-7-5-3-2-4-6-7/h2-6H,7H2,1H3;2-6H,1H3. The summed E-state index contributed by atoms with van der Waals surface area (Å²) in [6, 6.07) is 19.4. The van der Waals surface area contributed by atoms with Gasteiger partial charge in [0, 0.05) is 23.9 Å². The first-order valence-electron chi connectivity index (χ1n) is 7.65. The Morgan fingerprint density at radius 2 is 1.75 bits per heavy atom. The number of anilines is 1. The Morgan fingerprint density at radius 1 is 1.00 bits per heavy atom. The van der Waals surface area contributed by atoms with E-state index in [0.717, 1.165) is 33.3 Å². The summed E-state index contributed by atoms with van der Waals surface area (Å²) in [5.74, 6) is 1.44. The van der Waals surface area contributed by atoms with Crippen LogP contribution in [0.4, 0.5) is 5.69 Å². The monoisotopic (exact) mass is 339 g/mol. The van der Waals surface area contributed by atoms with Gasteiger partial charge in [-0.3, -0.25) is 4.79 Å². The molecule has 0 saturated carbocycles. The summed E-state index contributed by atoms with van der Waals surface area (Å²) in [5, 5.41) is 2.12. The zero-order valence-corrected chi connectivity index (χ0v) is 14.4. The second-order valence-corrected chi connectivity index (χ2v) is 5.75. The van der Waals surface area contributed by atoms with Crippen LogP contribution in [0.15, 0.2) is 60.7 Å². The van der Waals surface area contributed by atoms with Crippen molar-refractivity contribution in [2.45, 2.75) is 5.88 Å². The van der Waals surface area contributed by atoms with Crippen molar-refractivity contribution in [3.8, 4) is 5.75 Å². The number of nitrogens with zero attached hydrogens (tertiary/aromatic N) is 1. The summed E-state index contributed by atoms with van der Waals surface area (Å²) in [4.78, 5) is 13.7. The molecule has 0 radical (unpaired) electrons. The van der Waals surface area contributed by atoms with Crippen LogP contribution >= 0.6 is 11.6 Å². The van der Waals surface area contributed by atoms with E-state index in [1.807, 2.05) is 60.7 Å². The minimum atomic E-state index is 0.0623. The fourth-order valence-corrected chi connectivity index (χ4v) is 3.10. The summed E-state index contributed by atoms with van der Waals surface area (Å²) in [7, 11) is 3.47. The summed E-state index contributed by atoms with van der Waals surface area (Å²) in [5.41, 5.74) is 2.83. The lowest BCUT2D eigenvalue weighted by molar-refractivity contribution is 0.0999. The first kappa shape index (κ1) is 16.3. The third kappa shape index (κ3) is 2.83. The molecule has 3 aromatic rings. The number of halogens is 1. The first-order chi connectivity index (χ1) is 11.7. The largest absolute Gasteiger partial charge is 0.497 e. The lowest BCUT2D eigenvalue weighted by Gasteiger charge is -2.10. The molecule has 0 fully saturated rings. The molecule has 0 aromatic heterocycles. The molecule has 0 unspecified atom stereocenters. The number of methoxy groups -OCH3 is 1. The van der Waals surface area contributed by atoms with E-state index in [9.17, 15) is 4.79 Å². The molecule has 3 nitrogen and oxygen atoms in total. The molecule has 0 spiro atoms. The molecule has 0 N–H and O–H groups in total. The van der Waals surface area contributed by atoms with E-state index in [2.05, 4.69) is 0 Å². The van der Waals surface area contributed by atoms with Crippen molar-refractivity contribution in [2.24, 2.45) is 0 Å². The minimum absolute atomic E-state index is 0.0623. The Bertz CT molecular complexity index is 877. The van der Waals surface area contributed by atoms with E-state index in [1.54, 1.807) is 19.1 Å². The van der Waals surface area contributed by atoms with E-state index >= 15 is 0 Å². The van der Waals surface area contributed by atoms with E-state index < -0.39 is 0 Å². The van der Waals surface area contributed by atoms with E-state index in [-0.39, 0.29) is 5.91 Å². The number of ether oxygens (including phenoxy) is 1. The topological polar surface area (TPSA) is 29.5 Å². The molecule has 0 bridgehead atoms. The highest BCUT2D eigenvalue weighted by atomic mass is 35.5. The van der Waals surface area contributed by atoms with Crippen molar-refractivity contribution in [3.63, 3.8) is 0 Å². The van der Waals surface area contributed by atoms with Crippen molar-refractivity contribution < 1.29 is 9.53 Å². The average Bonchev–Trinajstić information content (AvgIpc) is 2.90. The zero-order chi connectivity index (χ0) is 17.1. The fraction of sp³-hybridized carbons (Fsp3) is 0.150. The summed E-state index contributed by atoms with van der Waals surface area (Å²) in [6.45, 7) is 0. The maximum atomic E-state index is 12.0. The number of hydrogen-bond acceptors (Lipinski definition) is 2. The average molecular weight is 340 g/mol. The Labute approximate surface area is 146 Å². The number of carbonyl (C=O) groups excluding carboxylic acids is 1. The van der Waals surface area contributed by atoms with Crippen LogP contribution in [0, 0.1) is 0 Å². The van der Waals surface area contributed by atoms with Gasteiger partial charge in [-0.05, 0) is 35.2 Å². The number of hydrogen-bond donors (Lipinski definition) is 0. The molecular formula is C20H18ClNO2. The van der Waals surface area contributed by atoms with Crippen molar-refractivity contribution in [1.82, 2.24) is 0 Å². The van der Waals surface area contributed by atoms with Crippen molar-refractivity contribution in [3.05, 3.63) is 71.8 Å². The van der Waals surface area contributed by atoms with Crippen molar-refractivity contribution in [2.75, 3.05) is 19.1 Å². The fourth-order valence-electron chi connectivity index (χ4n) is 2.87. The third-order valence-electron chi connectivity index (χ3n) is 4.13. The van der Waals surface area contributed by atoms with Gasteiger partial charge in [0.2, 0.25) is 0 Å². The van der Waals surface area contributed by atoms with Gasteiger partial charge in [-0.1, -0.05) is 36.4 Å². The number of rotatable bonds is 2. The molecule has 122 valence electrons. The van der Waals surface area contributed by atoms with Crippen LogP contribution in [0.25, 0.3) is 10.8 Å². The molecule has 24 heavy (non-hydrogen) atoms. The van der Waals surface area contributed by atoms with Crippen molar-refractivity contribution in [1.29, 1.82) is 0 Å². The number of carbonyl (C=O) groups is 1. The number of benzene rings is 3. The van der Waals surface area contributed by atoms with Crippen molar-refractivity contribution >= 4 is 34.0 Å².